The summed E-state index contributed by atoms with van der Waals surface area (Å²) in [6.45, 7) is 7.67. The Hall–Kier alpha value is -0.0300. The first-order valence-corrected chi connectivity index (χ1v) is 7.89. The molecule has 2 heterocycles. The zero-order valence-electron chi connectivity index (χ0n) is 13.3. The van der Waals surface area contributed by atoms with Crippen molar-refractivity contribution in [1.29, 1.82) is 0 Å². The number of hydrogen-bond acceptors (Lipinski definition) is 3. The quantitative estimate of drug-likeness (QED) is 0.805. The summed E-state index contributed by atoms with van der Waals surface area (Å²) >= 11 is 0. The predicted molar refractivity (Wildman–Crippen MR) is 92.6 cm³/mol. The fourth-order valence-corrected chi connectivity index (χ4v) is 3.42. The molecule has 21 heavy (non-hydrogen) atoms. The lowest BCUT2D eigenvalue weighted by Gasteiger charge is -2.28. The fraction of sp³-hybridized carbons (Fsp3) is 0.933. The Morgan fingerprint density at radius 1 is 1.33 bits per heavy atom. The third-order valence-corrected chi connectivity index (χ3v) is 4.74. The normalized spacial score (nSPS) is 25.2. The van der Waals surface area contributed by atoms with Crippen LogP contribution in [0.5, 0.6) is 0 Å². The molecule has 2 unspecified atom stereocenters. The average molecular weight is 340 g/mol. The molecule has 1 N–H and O–H groups in total. The van der Waals surface area contributed by atoms with Crippen LogP contribution in [0, 0.1) is 5.92 Å². The van der Waals surface area contributed by atoms with E-state index in [1.54, 1.807) is 0 Å². The van der Waals surface area contributed by atoms with Gasteiger partial charge in [-0.15, -0.1) is 24.8 Å². The first-order valence-electron chi connectivity index (χ1n) is 7.89. The van der Waals surface area contributed by atoms with E-state index < -0.39 is 0 Å². The summed E-state index contributed by atoms with van der Waals surface area (Å²) < 4.78 is 0. The molecular weight excluding hydrogens is 309 g/mol. The summed E-state index contributed by atoms with van der Waals surface area (Å²) in [7, 11) is 1.97. The number of likely N-dealkylation sites (tertiary alicyclic amines) is 1. The number of nitrogens with one attached hydrogen (secondary N) is 1. The minimum absolute atomic E-state index is 0. The first-order chi connectivity index (χ1) is 9.20. The highest BCUT2D eigenvalue weighted by atomic mass is 35.5. The Morgan fingerprint density at radius 2 is 2.10 bits per heavy atom. The van der Waals surface area contributed by atoms with Crippen LogP contribution in [0.1, 0.15) is 39.0 Å². The van der Waals surface area contributed by atoms with Crippen molar-refractivity contribution in [2.45, 2.75) is 45.1 Å². The molecule has 1 amide bonds. The second-order valence-electron chi connectivity index (χ2n) is 6.10. The van der Waals surface area contributed by atoms with E-state index in [1.807, 2.05) is 11.9 Å². The van der Waals surface area contributed by atoms with E-state index in [0.29, 0.717) is 11.9 Å². The molecule has 0 aromatic heterocycles. The third-order valence-electron chi connectivity index (χ3n) is 4.74. The van der Waals surface area contributed by atoms with Crippen molar-refractivity contribution < 1.29 is 4.79 Å². The van der Waals surface area contributed by atoms with Crippen LogP contribution < -0.4 is 5.32 Å². The molecule has 0 aromatic carbocycles. The van der Waals surface area contributed by atoms with E-state index in [9.17, 15) is 4.79 Å². The first kappa shape index (κ1) is 21.0. The number of carbonyl (C=O) groups excluding carboxylic acids is 1. The van der Waals surface area contributed by atoms with E-state index in [2.05, 4.69) is 17.1 Å². The monoisotopic (exact) mass is 339 g/mol. The second-order valence-corrected chi connectivity index (χ2v) is 6.10. The molecular formula is C15H31Cl2N3O. The van der Waals surface area contributed by atoms with E-state index in [0.717, 1.165) is 44.9 Å². The van der Waals surface area contributed by atoms with Crippen molar-refractivity contribution in [3.05, 3.63) is 0 Å². The van der Waals surface area contributed by atoms with Gasteiger partial charge in [-0.3, -0.25) is 9.69 Å². The number of hydrogen-bond donors (Lipinski definition) is 1. The van der Waals surface area contributed by atoms with Crippen LogP contribution in [0.3, 0.4) is 0 Å². The van der Waals surface area contributed by atoms with E-state index >= 15 is 0 Å². The minimum atomic E-state index is 0. The van der Waals surface area contributed by atoms with E-state index in [1.165, 1.54) is 25.8 Å². The van der Waals surface area contributed by atoms with E-state index in [-0.39, 0.29) is 24.8 Å². The Morgan fingerprint density at radius 3 is 2.71 bits per heavy atom. The zero-order valence-corrected chi connectivity index (χ0v) is 15.0. The lowest BCUT2D eigenvalue weighted by Crippen LogP contribution is -2.41. The second kappa shape index (κ2) is 10.7. The minimum Gasteiger partial charge on any atom is -0.344 e. The fourth-order valence-electron chi connectivity index (χ4n) is 3.42. The number of nitrogens with zero attached hydrogens (tertiary/aromatic N) is 2. The SMILES string of the molecule is CCN1CCCC1CN(C)C(=O)CCC1CCNC1.Cl.Cl. The van der Waals surface area contributed by atoms with Gasteiger partial charge in [-0.05, 0) is 57.8 Å². The van der Waals surface area contributed by atoms with Crippen molar-refractivity contribution in [2.75, 3.05) is 39.8 Å². The van der Waals surface area contributed by atoms with Gasteiger partial charge in [0.05, 0.1) is 0 Å². The topological polar surface area (TPSA) is 35.6 Å². The molecule has 2 rings (SSSR count). The highest BCUT2D eigenvalue weighted by molar-refractivity contribution is 5.85. The molecule has 126 valence electrons. The molecule has 4 nitrogen and oxygen atoms in total. The van der Waals surface area contributed by atoms with Crippen LogP contribution in [0.4, 0.5) is 0 Å². The van der Waals surface area contributed by atoms with Crippen LogP contribution in [0.2, 0.25) is 0 Å². The van der Waals surface area contributed by atoms with Crippen LogP contribution in [-0.4, -0.2) is 61.5 Å². The van der Waals surface area contributed by atoms with Gasteiger partial charge < -0.3 is 10.2 Å². The maximum atomic E-state index is 12.2. The molecule has 2 fully saturated rings. The number of amides is 1. The summed E-state index contributed by atoms with van der Waals surface area (Å²) in [4.78, 5) is 16.6. The Balaban J connectivity index is 0.00000200. The van der Waals surface area contributed by atoms with Crippen molar-refractivity contribution in [3.8, 4) is 0 Å². The Kier molecular flexibility index (Phi) is 10.6. The number of halogens is 2. The van der Waals surface area contributed by atoms with Crippen LogP contribution in [0.25, 0.3) is 0 Å². The molecule has 0 aliphatic carbocycles. The molecule has 6 heteroatoms. The Labute approximate surface area is 141 Å². The van der Waals surface area contributed by atoms with Gasteiger partial charge in [0.25, 0.3) is 0 Å². The maximum Gasteiger partial charge on any atom is 0.222 e. The molecule has 0 saturated carbocycles. The van der Waals surface area contributed by atoms with Crippen LogP contribution in [0.15, 0.2) is 0 Å². The summed E-state index contributed by atoms with van der Waals surface area (Å²) in [6.07, 6.45) is 5.55. The van der Waals surface area contributed by atoms with Gasteiger partial charge in [0, 0.05) is 26.1 Å². The van der Waals surface area contributed by atoms with Crippen LogP contribution in [-0.2, 0) is 4.79 Å². The Bertz CT molecular complexity index is 299. The van der Waals surface area contributed by atoms with Crippen LogP contribution >= 0.6 is 24.8 Å². The van der Waals surface area contributed by atoms with Gasteiger partial charge in [-0.25, -0.2) is 0 Å². The molecule has 2 saturated heterocycles. The summed E-state index contributed by atoms with van der Waals surface area (Å²) in [5, 5.41) is 3.37. The molecule has 0 radical (unpaired) electrons. The van der Waals surface area contributed by atoms with Gasteiger partial charge in [0.1, 0.15) is 0 Å². The van der Waals surface area contributed by atoms with Gasteiger partial charge >= 0.3 is 0 Å². The molecule has 0 bridgehead atoms. The van der Waals surface area contributed by atoms with Gasteiger partial charge in [0.15, 0.2) is 0 Å². The third kappa shape index (κ3) is 6.31. The van der Waals surface area contributed by atoms with Gasteiger partial charge in [-0.1, -0.05) is 6.92 Å². The molecule has 2 aliphatic heterocycles. The standard InChI is InChI=1S/C15H29N3O.2ClH/c1-3-18-10-4-5-14(18)12-17(2)15(19)7-6-13-8-9-16-11-13;;/h13-14,16H,3-12H2,1-2H3;2*1H. The lowest BCUT2D eigenvalue weighted by atomic mass is 10.0. The summed E-state index contributed by atoms with van der Waals surface area (Å²) in [5.74, 6) is 1.05. The largest absolute Gasteiger partial charge is 0.344 e. The molecule has 2 atom stereocenters. The molecule has 0 aromatic rings. The highest BCUT2D eigenvalue weighted by Gasteiger charge is 2.25. The molecule has 0 spiro atoms. The smallest absolute Gasteiger partial charge is 0.222 e. The average Bonchev–Trinajstić information content (AvgIpc) is 3.06. The molecule has 2 aliphatic rings. The lowest BCUT2D eigenvalue weighted by molar-refractivity contribution is -0.130. The summed E-state index contributed by atoms with van der Waals surface area (Å²) in [6, 6.07) is 0.590. The van der Waals surface area contributed by atoms with Crippen molar-refractivity contribution in [2.24, 2.45) is 5.92 Å². The van der Waals surface area contributed by atoms with Crippen molar-refractivity contribution in [1.82, 2.24) is 15.1 Å². The van der Waals surface area contributed by atoms with Gasteiger partial charge in [0.2, 0.25) is 5.91 Å². The van der Waals surface area contributed by atoms with E-state index in [4.69, 9.17) is 0 Å². The zero-order chi connectivity index (χ0) is 13.7. The number of likely N-dealkylation sites (N-methyl/N-ethyl adjacent to an activating group) is 2. The summed E-state index contributed by atoms with van der Waals surface area (Å²) in [5.41, 5.74) is 0. The number of rotatable bonds is 6. The van der Waals surface area contributed by atoms with Crippen molar-refractivity contribution in [3.63, 3.8) is 0 Å². The maximum absolute atomic E-state index is 12.2. The number of carbonyl (C=O) groups is 1. The highest BCUT2D eigenvalue weighted by Crippen LogP contribution is 2.19. The van der Waals surface area contributed by atoms with Gasteiger partial charge in [-0.2, -0.15) is 0 Å². The predicted octanol–water partition coefficient (Wildman–Crippen LogP) is 2.16. The van der Waals surface area contributed by atoms with Crippen molar-refractivity contribution >= 4 is 30.7 Å².